The highest BCUT2D eigenvalue weighted by molar-refractivity contribution is 7.94. The van der Waals surface area contributed by atoms with Gasteiger partial charge in [-0.25, -0.2) is 9.36 Å². The van der Waals surface area contributed by atoms with Crippen molar-refractivity contribution in [3.8, 4) is 0 Å². The number of aromatic nitrogens is 1. The van der Waals surface area contributed by atoms with Crippen LogP contribution in [0.1, 0.15) is 0 Å². The maximum Gasteiger partial charge on any atom is 0.422 e. The van der Waals surface area contributed by atoms with Crippen molar-refractivity contribution in [1.82, 2.24) is 4.57 Å². The SMILES string of the molecule is O=c1oc2ccccc2n1C[P+](c1ccccc1)(c1ccccc1)c1ccccc1.[Cl-]. The molecule has 0 aliphatic heterocycles. The van der Waals surface area contributed by atoms with E-state index in [2.05, 4.69) is 72.8 Å². The van der Waals surface area contributed by atoms with Gasteiger partial charge in [0.2, 0.25) is 0 Å². The number of benzene rings is 4. The van der Waals surface area contributed by atoms with Gasteiger partial charge in [-0.2, -0.15) is 0 Å². The zero-order valence-electron chi connectivity index (χ0n) is 16.8. The maximum atomic E-state index is 12.9. The van der Waals surface area contributed by atoms with Gasteiger partial charge < -0.3 is 16.8 Å². The van der Waals surface area contributed by atoms with Gasteiger partial charge in [0.05, 0.1) is 5.52 Å². The molecule has 0 spiro atoms. The number of para-hydroxylation sites is 2. The van der Waals surface area contributed by atoms with Crippen LogP contribution in [0.4, 0.5) is 0 Å². The Hall–Kier alpha value is -3.13. The van der Waals surface area contributed by atoms with Gasteiger partial charge in [0.25, 0.3) is 0 Å². The molecule has 0 aliphatic rings. The first-order valence-electron chi connectivity index (χ1n) is 9.92. The van der Waals surface area contributed by atoms with E-state index in [4.69, 9.17) is 4.42 Å². The van der Waals surface area contributed by atoms with E-state index in [1.54, 1.807) is 4.57 Å². The number of nitrogens with zero attached hydrogens (tertiary/aromatic N) is 1. The summed E-state index contributed by atoms with van der Waals surface area (Å²) in [5, 5.41) is 3.71. The van der Waals surface area contributed by atoms with Gasteiger partial charge in [-0.1, -0.05) is 66.7 Å². The van der Waals surface area contributed by atoms with Gasteiger partial charge >= 0.3 is 5.76 Å². The molecule has 5 heteroatoms. The van der Waals surface area contributed by atoms with Gasteiger partial charge in [-0.05, 0) is 48.5 Å². The molecule has 31 heavy (non-hydrogen) atoms. The third-order valence-electron chi connectivity index (χ3n) is 5.52. The number of hydrogen-bond donors (Lipinski definition) is 0. The molecule has 4 aromatic carbocycles. The number of rotatable bonds is 5. The predicted molar refractivity (Wildman–Crippen MR) is 126 cm³/mol. The van der Waals surface area contributed by atoms with Crippen molar-refractivity contribution in [3.05, 3.63) is 126 Å². The Morgan fingerprint density at radius 3 is 1.52 bits per heavy atom. The smallest absolute Gasteiger partial charge is 0.422 e. The van der Waals surface area contributed by atoms with E-state index in [1.807, 2.05) is 42.5 Å². The summed E-state index contributed by atoms with van der Waals surface area (Å²) in [7, 11) is -2.17. The Balaban J connectivity index is 0.00000231. The fourth-order valence-corrected chi connectivity index (χ4v) is 8.22. The highest BCUT2D eigenvalue weighted by Gasteiger charge is 2.46. The largest absolute Gasteiger partial charge is 1.00 e. The monoisotopic (exact) mass is 445 g/mol. The standard InChI is InChI=1S/C26H21NO2P.ClH/c28-26-27(24-18-10-11-19-25(24)29-26)20-30(21-12-4-1-5-13-21,22-14-6-2-7-15-22)23-16-8-3-9-17-23;/h1-19H,20H2;1H/q+1;/p-1. The predicted octanol–water partition coefficient (Wildman–Crippen LogP) is 1.55. The van der Waals surface area contributed by atoms with Crippen molar-refractivity contribution >= 4 is 34.3 Å². The first-order valence-corrected chi connectivity index (χ1v) is 11.9. The molecule has 0 atom stereocenters. The Morgan fingerprint density at radius 2 is 1.03 bits per heavy atom. The summed E-state index contributed by atoms with van der Waals surface area (Å²) in [6.45, 7) is 0. The van der Waals surface area contributed by atoms with Crippen LogP contribution in [0.2, 0.25) is 0 Å². The van der Waals surface area contributed by atoms with Crippen LogP contribution in [0.3, 0.4) is 0 Å². The summed E-state index contributed by atoms with van der Waals surface area (Å²) in [6.07, 6.45) is 0.543. The van der Waals surface area contributed by atoms with Crippen LogP contribution in [-0.4, -0.2) is 4.57 Å². The second-order valence-corrected chi connectivity index (χ2v) is 10.7. The summed E-state index contributed by atoms with van der Waals surface area (Å²) in [4.78, 5) is 12.9. The molecular weight excluding hydrogens is 425 g/mol. The average molecular weight is 446 g/mol. The Kier molecular flexibility index (Phi) is 6.08. The molecule has 0 radical (unpaired) electrons. The van der Waals surface area contributed by atoms with Crippen LogP contribution < -0.4 is 34.1 Å². The number of hydrogen-bond acceptors (Lipinski definition) is 2. The zero-order valence-corrected chi connectivity index (χ0v) is 18.4. The minimum Gasteiger partial charge on any atom is -1.00 e. The second-order valence-electron chi connectivity index (χ2n) is 7.22. The van der Waals surface area contributed by atoms with Crippen LogP contribution in [0, 0.1) is 0 Å². The van der Waals surface area contributed by atoms with E-state index in [0.29, 0.717) is 11.9 Å². The van der Waals surface area contributed by atoms with E-state index in [9.17, 15) is 4.79 Å². The molecule has 1 heterocycles. The molecule has 0 unspecified atom stereocenters. The van der Waals surface area contributed by atoms with Gasteiger partial charge in [0.15, 0.2) is 11.9 Å². The Labute approximate surface area is 187 Å². The average Bonchev–Trinajstić information content (AvgIpc) is 3.14. The van der Waals surface area contributed by atoms with E-state index in [1.165, 1.54) is 15.9 Å². The lowest BCUT2D eigenvalue weighted by atomic mass is 10.3. The molecule has 0 bridgehead atoms. The van der Waals surface area contributed by atoms with E-state index in [0.717, 1.165) is 5.52 Å². The molecule has 5 rings (SSSR count). The summed E-state index contributed by atoms with van der Waals surface area (Å²) >= 11 is 0. The Bertz CT molecular complexity index is 1240. The minimum atomic E-state index is -2.17. The van der Waals surface area contributed by atoms with Gasteiger partial charge in [0.1, 0.15) is 23.2 Å². The molecule has 1 aromatic heterocycles. The number of halogens is 1. The van der Waals surface area contributed by atoms with Crippen molar-refractivity contribution in [2.24, 2.45) is 0 Å². The van der Waals surface area contributed by atoms with Gasteiger partial charge in [-0.3, -0.25) is 0 Å². The molecule has 5 aromatic rings. The molecule has 3 nitrogen and oxygen atoms in total. The first-order chi connectivity index (χ1) is 14.8. The molecule has 154 valence electrons. The highest BCUT2D eigenvalue weighted by Crippen LogP contribution is 2.56. The first kappa shape index (κ1) is 21.1. The van der Waals surface area contributed by atoms with Crippen molar-refractivity contribution in [1.29, 1.82) is 0 Å². The molecule has 0 fully saturated rings. The highest BCUT2D eigenvalue weighted by atomic mass is 35.5. The third-order valence-corrected chi connectivity index (χ3v) is 9.76. The maximum absolute atomic E-state index is 12.9. The van der Waals surface area contributed by atoms with Crippen LogP contribution in [0.5, 0.6) is 0 Å². The third kappa shape index (κ3) is 3.72. The summed E-state index contributed by atoms with van der Waals surface area (Å²) < 4.78 is 7.38. The van der Waals surface area contributed by atoms with Crippen LogP contribution in [0.25, 0.3) is 11.1 Å². The van der Waals surface area contributed by atoms with Crippen LogP contribution in [0.15, 0.2) is 124 Å². The zero-order chi connectivity index (χ0) is 20.4. The molecule has 0 N–H and O–H groups in total. The van der Waals surface area contributed by atoms with Gasteiger partial charge in [-0.15, -0.1) is 0 Å². The lowest BCUT2D eigenvalue weighted by Crippen LogP contribution is -3.00. The molecule has 0 saturated heterocycles. The summed E-state index contributed by atoms with van der Waals surface area (Å²) in [5.41, 5.74) is 1.45. The number of oxazole rings is 1. The van der Waals surface area contributed by atoms with Crippen molar-refractivity contribution < 1.29 is 16.8 Å². The topological polar surface area (TPSA) is 35.1 Å². The Morgan fingerprint density at radius 1 is 0.613 bits per heavy atom. The molecular formula is C26H21ClNO2P. The van der Waals surface area contributed by atoms with E-state index in [-0.39, 0.29) is 18.2 Å². The van der Waals surface area contributed by atoms with Crippen LogP contribution in [-0.2, 0) is 6.29 Å². The van der Waals surface area contributed by atoms with Crippen molar-refractivity contribution in [2.45, 2.75) is 6.29 Å². The quantitative estimate of drug-likeness (QED) is 0.385. The molecule has 0 amide bonds. The fraction of sp³-hybridized carbons (Fsp3) is 0.0385. The summed E-state index contributed by atoms with van der Waals surface area (Å²) in [6, 6.07) is 39.3. The minimum absolute atomic E-state index is 0. The molecule has 0 aliphatic carbocycles. The van der Waals surface area contributed by atoms with Crippen LogP contribution >= 0.6 is 7.26 Å². The lowest BCUT2D eigenvalue weighted by molar-refractivity contribution is -0.00000635. The molecule has 0 saturated carbocycles. The van der Waals surface area contributed by atoms with E-state index >= 15 is 0 Å². The lowest BCUT2D eigenvalue weighted by Gasteiger charge is -2.27. The second kappa shape index (κ2) is 8.93. The van der Waals surface area contributed by atoms with Gasteiger partial charge in [0, 0.05) is 0 Å². The summed E-state index contributed by atoms with van der Waals surface area (Å²) in [5.74, 6) is -0.316. The van der Waals surface area contributed by atoms with E-state index < -0.39 is 7.26 Å². The number of fused-ring (bicyclic) bond motifs is 1. The normalized spacial score (nSPS) is 11.2. The van der Waals surface area contributed by atoms with Crippen molar-refractivity contribution in [2.75, 3.05) is 0 Å². The fourth-order valence-electron chi connectivity index (χ4n) is 4.10. The van der Waals surface area contributed by atoms with Crippen molar-refractivity contribution in [3.63, 3.8) is 0 Å².